The third kappa shape index (κ3) is 2.57. The Balaban J connectivity index is 1.96. The van der Waals surface area contributed by atoms with Crippen molar-refractivity contribution in [1.82, 2.24) is 9.88 Å². The zero-order valence-corrected chi connectivity index (χ0v) is 13.2. The van der Waals surface area contributed by atoms with Crippen molar-refractivity contribution >= 4 is 16.8 Å². The number of carbonyl (C=O) groups is 1. The smallest absolute Gasteiger partial charge is 0.255 e. The summed E-state index contributed by atoms with van der Waals surface area (Å²) in [5.74, 6) is 0.907. The first-order valence-corrected chi connectivity index (χ1v) is 7.95. The van der Waals surface area contributed by atoms with Gasteiger partial charge in [-0.2, -0.15) is 0 Å². The molecule has 0 bridgehead atoms. The molecule has 1 atom stereocenters. The summed E-state index contributed by atoms with van der Waals surface area (Å²) in [6.45, 7) is 8.23. The number of aromatic nitrogens is 1. The molecule has 0 unspecified atom stereocenters. The van der Waals surface area contributed by atoms with Crippen LogP contribution in [-0.4, -0.2) is 28.9 Å². The third-order valence-electron chi connectivity index (χ3n) is 4.88. The Morgan fingerprint density at radius 1 is 1.24 bits per heavy atom. The van der Waals surface area contributed by atoms with E-state index in [2.05, 4.69) is 31.8 Å². The van der Waals surface area contributed by atoms with Gasteiger partial charge in [0.1, 0.15) is 0 Å². The number of aromatic amines is 1. The number of carbonyl (C=O) groups excluding carboxylic acids is 1. The zero-order valence-electron chi connectivity index (χ0n) is 13.2. The Labute approximate surface area is 126 Å². The van der Waals surface area contributed by atoms with Crippen LogP contribution in [0, 0.1) is 19.8 Å². The van der Waals surface area contributed by atoms with Crippen LogP contribution < -0.4 is 0 Å². The van der Waals surface area contributed by atoms with Gasteiger partial charge in [-0.05, 0) is 50.7 Å². The monoisotopic (exact) mass is 284 g/mol. The fraction of sp³-hybridized carbons (Fsp3) is 0.500. The van der Waals surface area contributed by atoms with Gasteiger partial charge in [-0.15, -0.1) is 0 Å². The van der Waals surface area contributed by atoms with Crippen molar-refractivity contribution in [3.8, 4) is 0 Å². The minimum Gasteiger partial charge on any atom is -0.358 e. The van der Waals surface area contributed by atoms with E-state index in [1.807, 2.05) is 17.0 Å². The highest BCUT2D eigenvalue weighted by Gasteiger charge is 2.22. The van der Waals surface area contributed by atoms with Gasteiger partial charge in [0.25, 0.3) is 5.91 Å². The molecule has 0 saturated carbocycles. The van der Waals surface area contributed by atoms with Crippen molar-refractivity contribution in [2.75, 3.05) is 13.1 Å². The van der Waals surface area contributed by atoms with Gasteiger partial charge >= 0.3 is 0 Å². The molecule has 3 nitrogen and oxygen atoms in total. The van der Waals surface area contributed by atoms with E-state index in [0.29, 0.717) is 0 Å². The lowest BCUT2D eigenvalue weighted by Crippen LogP contribution is -2.32. The van der Waals surface area contributed by atoms with Crippen LogP contribution in [0.2, 0.25) is 0 Å². The maximum atomic E-state index is 12.9. The van der Waals surface area contributed by atoms with Crippen LogP contribution in [0.15, 0.2) is 18.2 Å². The maximum absolute atomic E-state index is 12.9. The molecule has 1 aliphatic heterocycles. The molecule has 3 rings (SSSR count). The van der Waals surface area contributed by atoms with E-state index in [1.54, 1.807) is 0 Å². The summed E-state index contributed by atoms with van der Waals surface area (Å²) in [6, 6.07) is 6.04. The molecule has 2 heterocycles. The predicted molar refractivity (Wildman–Crippen MR) is 86.7 cm³/mol. The Morgan fingerprint density at radius 3 is 2.86 bits per heavy atom. The number of amides is 1. The van der Waals surface area contributed by atoms with Gasteiger partial charge in [0.05, 0.1) is 11.1 Å². The fourth-order valence-corrected chi connectivity index (χ4v) is 3.30. The number of H-pyrrole nitrogens is 1. The highest BCUT2D eigenvalue weighted by atomic mass is 16.2. The number of para-hydroxylation sites is 1. The molecular weight excluding hydrogens is 260 g/mol. The van der Waals surface area contributed by atoms with Gasteiger partial charge in [0.15, 0.2) is 0 Å². The van der Waals surface area contributed by atoms with Crippen LogP contribution >= 0.6 is 0 Å². The van der Waals surface area contributed by atoms with Crippen molar-refractivity contribution in [2.45, 2.75) is 40.0 Å². The van der Waals surface area contributed by atoms with Crippen LogP contribution in [0.1, 0.15) is 47.8 Å². The van der Waals surface area contributed by atoms with E-state index < -0.39 is 0 Å². The highest BCUT2D eigenvalue weighted by molar-refractivity contribution is 6.06. The van der Waals surface area contributed by atoms with E-state index in [9.17, 15) is 4.79 Å². The Hall–Kier alpha value is -1.77. The van der Waals surface area contributed by atoms with Crippen molar-refractivity contribution in [3.05, 3.63) is 35.0 Å². The second-order valence-corrected chi connectivity index (χ2v) is 6.43. The summed E-state index contributed by atoms with van der Waals surface area (Å²) in [4.78, 5) is 18.3. The first kappa shape index (κ1) is 14.2. The van der Waals surface area contributed by atoms with Gasteiger partial charge in [0.2, 0.25) is 0 Å². The van der Waals surface area contributed by atoms with Crippen molar-refractivity contribution in [3.63, 3.8) is 0 Å². The summed E-state index contributed by atoms with van der Waals surface area (Å²) in [6.07, 6.45) is 3.46. The molecule has 0 aliphatic carbocycles. The Morgan fingerprint density at radius 2 is 2.05 bits per heavy atom. The zero-order chi connectivity index (χ0) is 15.0. The van der Waals surface area contributed by atoms with E-state index in [4.69, 9.17) is 0 Å². The Kier molecular flexibility index (Phi) is 3.75. The van der Waals surface area contributed by atoms with Crippen LogP contribution in [0.25, 0.3) is 10.9 Å². The Bertz CT molecular complexity index is 671. The number of nitrogens with zero attached hydrogens (tertiary/aromatic N) is 1. The van der Waals surface area contributed by atoms with E-state index in [0.717, 1.165) is 48.6 Å². The summed E-state index contributed by atoms with van der Waals surface area (Å²) in [5, 5.41) is 1.17. The number of nitrogens with one attached hydrogen (secondary N) is 1. The summed E-state index contributed by atoms with van der Waals surface area (Å²) >= 11 is 0. The van der Waals surface area contributed by atoms with Crippen molar-refractivity contribution in [2.24, 2.45) is 5.92 Å². The van der Waals surface area contributed by atoms with Crippen LogP contribution in [0.3, 0.4) is 0 Å². The molecule has 1 amide bonds. The fourth-order valence-electron chi connectivity index (χ4n) is 3.30. The lowest BCUT2D eigenvalue weighted by atomic mass is 10.0. The van der Waals surface area contributed by atoms with Gasteiger partial charge in [-0.3, -0.25) is 4.79 Å². The number of hydrogen-bond donors (Lipinski definition) is 1. The minimum absolute atomic E-state index is 0.177. The van der Waals surface area contributed by atoms with Gasteiger partial charge in [0, 0.05) is 24.2 Å². The number of aryl methyl sites for hydroxylation is 2. The summed E-state index contributed by atoms with van der Waals surface area (Å²) < 4.78 is 0. The molecule has 3 heteroatoms. The van der Waals surface area contributed by atoms with Crippen LogP contribution in [0.4, 0.5) is 0 Å². The molecule has 0 spiro atoms. The van der Waals surface area contributed by atoms with Crippen molar-refractivity contribution in [1.29, 1.82) is 0 Å². The van der Waals surface area contributed by atoms with Gasteiger partial charge < -0.3 is 9.88 Å². The highest BCUT2D eigenvalue weighted by Crippen LogP contribution is 2.26. The van der Waals surface area contributed by atoms with E-state index in [1.165, 1.54) is 17.4 Å². The van der Waals surface area contributed by atoms with E-state index in [-0.39, 0.29) is 5.91 Å². The predicted octanol–water partition coefficient (Wildman–Crippen LogP) is 4.05. The summed E-state index contributed by atoms with van der Waals surface area (Å²) in [5.41, 5.74) is 4.20. The topological polar surface area (TPSA) is 36.1 Å². The number of rotatable bonds is 1. The molecule has 1 aromatic carbocycles. The molecule has 2 aromatic rings. The van der Waals surface area contributed by atoms with Crippen LogP contribution in [0.5, 0.6) is 0 Å². The summed E-state index contributed by atoms with van der Waals surface area (Å²) in [7, 11) is 0. The molecule has 1 aliphatic rings. The maximum Gasteiger partial charge on any atom is 0.255 e. The molecular formula is C18H24N2O. The quantitative estimate of drug-likeness (QED) is 0.842. The van der Waals surface area contributed by atoms with Crippen LogP contribution in [-0.2, 0) is 0 Å². The number of likely N-dealkylation sites (tertiary alicyclic amines) is 1. The molecule has 112 valence electrons. The standard InChI is InChI=1S/C18H24N2O/c1-12-6-5-10-20(11-9-12)18(21)16-8-4-7-15-13(2)14(3)19-17(15)16/h4,7-8,12,19H,5-6,9-11H2,1-3H3/t12-/m0/s1. The van der Waals surface area contributed by atoms with E-state index >= 15 is 0 Å². The van der Waals surface area contributed by atoms with Gasteiger partial charge in [-0.1, -0.05) is 19.1 Å². The average Bonchev–Trinajstić information content (AvgIpc) is 2.65. The second kappa shape index (κ2) is 5.55. The minimum atomic E-state index is 0.177. The average molecular weight is 284 g/mol. The number of benzene rings is 1. The first-order valence-electron chi connectivity index (χ1n) is 7.95. The first-order chi connectivity index (χ1) is 10.1. The number of hydrogen-bond acceptors (Lipinski definition) is 1. The molecule has 21 heavy (non-hydrogen) atoms. The van der Waals surface area contributed by atoms with Crippen molar-refractivity contribution < 1.29 is 4.79 Å². The van der Waals surface area contributed by atoms with Gasteiger partial charge in [-0.25, -0.2) is 0 Å². The molecule has 1 fully saturated rings. The molecule has 1 saturated heterocycles. The molecule has 0 radical (unpaired) electrons. The molecule has 1 aromatic heterocycles. The SMILES string of the molecule is Cc1[nH]c2c(C(=O)N3CCC[C@H](C)CC3)cccc2c1C. The third-order valence-corrected chi connectivity index (χ3v) is 4.88. The largest absolute Gasteiger partial charge is 0.358 e. The normalized spacial score (nSPS) is 19.8. The lowest BCUT2D eigenvalue weighted by Gasteiger charge is -2.21. The molecule has 1 N–H and O–H groups in total. The number of fused-ring (bicyclic) bond motifs is 1. The lowest BCUT2D eigenvalue weighted by molar-refractivity contribution is 0.0762. The second-order valence-electron chi connectivity index (χ2n) is 6.43.